The molecule has 1 N–H and O–H groups in total. The predicted octanol–water partition coefficient (Wildman–Crippen LogP) is 4.08. The van der Waals surface area contributed by atoms with Crippen LogP contribution in [0.25, 0.3) is 5.57 Å². The minimum Gasteiger partial charge on any atom is -0.399 e. The van der Waals surface area contributed by atoms with Gasteiger partial charge in [-0.15, -0.1) is 0 Å². The Hall–Kier alpha value is -1.07. The maximum Gasteiger partial charge on any atom is 0.111 e. The molecular weight excluding hydrogens is 337 g/mol. The van der Waals surface area contributed by atoms with E-state index in [0.717, 1.165) is 22.4 Å². The van der Waals surface area contributed by atoms with E-state index in [9.17, 15) is 5.11 Å². The lowest BCUT2D eigenvalue weighted by Gasteiger charge is -2.28. The highest BCUT2D eigenvalue weighted by Gasteiger charge is 2.43. The van der Waals surface area contributed by atoms with Crippen molar-refractivity contribution in [3.8, 4) is 0 Å². The van der Waals surface area contributed by atoms with Gasteiger partial charge in [0.1, 0.15) is 13.2 Å². The van der Waals surface area contributed by atoms with Crippen molar-refractivity contribution in [2.24, 2.45) is 5.16 Å². The summed E-state index contributed by atoms with van der Waals surface area (Å²) in [5, 5.41) is 15.5. The molecule has 1 fully saturated rings. The molecule has 0 amide bonds. The molecular formula is C17H19Cl2NO3. The van der Waals surface area contributed by atoms with Crippen LogP contribution in [0.2, 0.25) is 10.0 Å². The van der Waals surface area contributed by atoms with Gasteiger partial charge in [-0.1, -0.05) is 41.3 Å². The monoisotopic (exact) mass is 355 g/mol. The van der Waals surface area contributed by atoms with Gasteiger partial charge in [-0.05, 0) is 36.1 Å². The second-order valence-electron chi connectivity index (χ2n) is 5.78. The smallest absolute Gasteiger partial charge is 0.111 e. The van der Waals surface area contributed by atoms with Gasteiger partial charge in [0.2, 0.25) is 0 Å². The number of hydrogen-bond donors (Lipinski definition) is 1. The average molecular weight is 356 g/mol. The van der Waals surface area contributed by atoms with Gasteiger partial charge >= 0.3 is 0 Å². The van der Waals surface area contributed by atoms with Gasteiger partial charge in [0.25, 0.3) is 0 Å². The Morgan fingerprint density at radius 3 is 2.83 bits per heavy atom. The van der Waals surface area contributed by atoms with Crippen molar-refractivity contribution < 1.29 is 14.7 Å². The van der Waals surface area contributed by atoms with Crippen LogP contribution in [-0.2, 0) is 9.57 Å². The molecule has 3 atom stereocenters. The largest absolute Gasteiger partial charge is 0.399 e. The number of aliphatic hydroxyl groups excluding tert-OH is 1. The van der Waals surface area contributed by atoms with Crippen LogP contribution in [0.1, 0.15) is 31.7 Å². The lowest BCUT2D eigenvalue weighted by Crippen LogP contribution is -2.31. The first-order valence-electron chi connectivity index (χ1n) is 7.67. The van der Waals surface area contributed by atoms with Crippen LogP contribution < -0.4 is 0 Å². The molecule has 1 saturated heterocycles. The first-order valence-corrected chi connectivity index (χ1v) is 8.43. The van der Waals surface area contributed by atoms with E-state index in [4.69, 9.17) is 32.8 Å². The molecule has 2 heterocycles. The quantitative estimate of drug-likeness (QED) is 0.653. The third kappa shape index (κ3) is 3.13. The summed E-state index contributed by atoms with van der Waals surface area (Å²) < 4.78 is 5.95. The van der Waals surface area contributed by atoms with Crippen LogP contribution in [0.5, 0.6) is 0 Å². The van der Waals surface area contributed by atoms with Crippen molar-refractivity contribution in [1.29, 1.82) is 0 Å². The van der Waals surface area contributed by atoms with Gasteiger partial charge in [0.15, 0.2) is 0 Å². The summed E-state index contributed by atoms with van der Waals surface area (Å²) in [6, 6.07) is 5.59. The Morgan fingerprint density at radius 1 is 1.39 bits per heavy atom. The van der Waals surface area contributed by atoms with Crippen molar-refractivity contribution >= 4 is 34.5 Å². The van der Waals surface area contributed by atoms with E-state index < -0.39 is 6.10 Å². The molecule has 124 valence electrons. The fourth-order valence-corrected chi connectivity index (χ4v) is 3.66. The maximum absolute atomic E-state index is 10.3. The summed E-state index contributed by atoms with van der Waals surface area (Å²) >= 11 is 12.2. The van der Waals surface area contributed by atoms with Crippen LogP contribution in [-0.4, -0.2) is 36.2 Å². The molecule has 2 aliphatic rings. The van der Waals surface area contributed by atoms with Crippen molar-refractivity contribution in [3.63, 3.8) is 0 Å². The van der Waals surface area contributed by atoms with E-state index >= 15 is 0 Å². The zero-order chi connectivity index (χ0) is 16.6. The molecule has 1 aromatic carbocycles. The van der Waals surface area contributed by atoms with Crippen molar-refractivity contribution in [2.45, 2.75) is 44.5 Å². The zero-order valence-corrected chi connectivity index (χ0v) is 14.6. The van der Waals surface area contributed by atoms with Crippen LogP contribution >= 0.6 is 23.2 Å². The first kappa shape index (κ1) is 16.8. The molecule has 4 nitrogen and oxygen atoms in total. The minimum atomic E-state index is -0.524. The molecule has 2 bridgehead atoms. The summed E-state index contributed by atoms with van der Waals surface area (Å²) in [7, 11) is 1.52. The van der Waals surface area contributed by atoms with Gasteiger partial charge in [-0.25, -0.2) is 0 Å². The second-order valence-corrected chi connectivity index (χ2v) is 6.60. The number of ether oxygens (including phenoxy) is 1. The number of rotatable bonds is 4. The average Bonchev–Trinajstić information content (AvgIpc) is 2.83. The molecule has 0 radical (unpaired) electrons. The van der Waals surface area contributed by atoms with E-state index in [-0.39, 0.29) is 12.2 Å². The number of hydrogen-bond acceptors (Lipinski definition) is 4. The fraction of sp³-hybridized carbons (Fsp3) is 0.471. The van der Waals surface area contributed by atoms with E-state index in [2.05, 4.69) is 5.16 Å². The van der Waals surface area contributed by atoms with Gasteiger partial charge in [-0.3, -0.25) is 0 Å². The van der Waals surface area contributed by atoms with Crippen LogP contribution in [0.3, 0.4) is 0 Å². The fourth-order valence-electron chi connectivity index (χ4n) is 3.36. The standard InChI is InChI=1S/C17H19Cl2NO3/c1-3-14(20-22-2)16-11(7-10-8-15(21)17(16)23-10)9-4-5-12(18)13(19)6-9/h4-6,10,15,17,21H,3,7-8H2,1-2H3. The summed E-state index contributed by atoms with van der Waals surface area (Å²) in [6.07, 6.45) is 1.15. The van der Waals surface area contributed by atoms with Crippen molar-refractivity contribution in [2.75, 3.05) is 7.11 Å². The highest BCUT2D eigenvalue weighted by molar-refractivity contribution is 6.42. The molecule has 0 aliphatic carbocycles. The Kier molecular flexibility index (Phi) is 4.97. The Labute approximate surface area is 145 Å². The molecule has 23 heavy (non-hydrogen) atoms. The molecule has 0 spiro atoms. The van der Waals surface area contributed by atoms with E-state index in [1.54, 1.807) is 6.07 Å². The van der Waals surface area contributed by atoms with Crippen LogP contribution in [0.4, 0.5) is 0 Å². The highest BCUT2D eigenvalue weighted by Crippen LogP contribution is 2.43. The molecule has 1 aromatic rings. The van der Waals surface area contributed by atoms with Crippen molar-refractivity contribution in [3.05, 3.63) is 39.4 Å². The molecule has 0 saturated carbocycles. The number of oxime groups is 1. The Morgan fingerprint density at radius 2 is 2.17 bits per heavy atom. The van der Waals surface area contributed by atoms with E-state index in [1.807, 2.05) is 19.1 Å². The topological polar surface area (TPSA) is 51.0 Å². The van der Waals surface area contributed by atoms with Gasteiger partial charge < -0.3 is 14.7 Å². The van der Waals surface area contributed by atoms with Crippen LogP contribution in [0, 0.1) is 0 Å². The molecule has 3 rings (SSSR count). The number of nitrogens with zero attached hydrogens (tertiary/aromatic N) is 1. The number of benzene rings is 1. The summed E-state index contributed by atoms with van der Waals surface area (Å²) in [5.41, 5.74) is 3.78. The van der Waals surface area contributed by atoms with E-state index in [0.29, 0.717) is 29.3 Å². The van der Waals surface area contributed by atoms with Crippen LogP contribution in [0.15, 0.2) is 28.9 Å². The van der Waals surface area contributed by atoms with Crippen molar-refractivity contribution in [1.82, 2.24) is 0 Å². The lowest BCUT2D eigenvalue weighted by molar-refractivity contribution is 0.0313. The summed E-state index contributed by atoms with van der Waals surface area (Å²) in [4.78, 5) is 4.99. The predicted molar refractivity (Wildman–Crippen MR) is 92.0 cm³/mol. The SMILES string of the molecule is CCC(=NOC)C1=C(c2ccc(Cl)c(Cl)c2)CC2CC(O)C1O2. The van der Waals surface area contributed by atoms with E-state index in [1.165, 1.54) is 7.11 Å². The van der Waals surface area contributed by atoms with Gasteiger partial charge in [0, 0.05) is 12.0 Å². The minimum absolute atomic E-state index is 0.0175. The number of fused-ring (bicyclic) bond motifs is 2. The third-order valence-corrected chi connectivity index (χ3v) is 5.09. The zero-order valence-electron chi connectivity index (χ0n) is 13.1. The molecule has 0 aromatic heterocycles. The molecule has 6 heteroatoms. The van der Waals surface area contributed by atoms with Gasteiger partial charge in [0.05, 0.1) is 28.0 Å². The Bertz CT molecular complexity index is 672. The summed E-state index contributed by atoms with van der Waals surface area (Å²) in [6.45, 7) is 2.00. The normalized spacial score (nSPS) is 27.5. The lowest BCUT2D eigenvalue weighted by atomic mass is 9.88. The maximum atomic E-state index is 10.3. The Balaban J connectivity index is 2.16. The number of aliphatic hydroxyl groups is 1. The number of halogens is 2. The first-order chi connectivity index (χ1) is 11.0. The summed E-state index contributed by atoms with van der Waals surface area (Å²) in [5.74, 6) is 0. The molecule has 3 unspecified atom stereocenters. The molecule has 2 aliphatic heterocycles. The highest BCUT2D eigenvalue weighted by atomic mass is 35.5. The third-order valence-electron chi connectivity index (χ3n) is 4.35. The van der Waals surface area contributed by atoms with Gasteiger partial charge in [-0.2, -0.15) is 0 Å². The second kappa shape index (κ2) is 6.81.